The van der Waals surface area contributed by atoms with Crippen LogP contribution in [0.1, 0.15) is 16.7 Å². The Balaban J connectivity index is 2.08. The van der Waals surface area contributed by atoms with E-state index in [1.807, 2.05) is 6.92 Å². The largest absolute Gasteiger partial charge is 0.493 e. The summed E-state index contributed by atoms with van der Waals surface area (Å²) in [6, 6.07) is 8.58. The Bertz CT molecular complexity index is 968. The highest BCUT2D eigenvalue weighted by molar-refractivity contribution is 7.89. The number of carboxylic acids is 1. The van der Waals surface area contributed by atoms with Gasteiger partial charge in [0.25, 0.3) is 0 Å². The van der Waals surface area contributed by atoms with Crippen molar-refractivity contribution in [2.24, 2.45) is 0 Å². The quantitative estimate of drug-likeness (QED) is 0.840. The predicted octanol–water partition coefficient (Wildman–Crippen LogP) is 2.21. The van der Waals surface area contributed by atoms with E-state index in [1.54, 1.807) is 24.3 Å². The van der Waals surface area contributed by atoms with E-state index in [1.165, 1.54) is 26.4 Å². The Hall–Kier alpha value is -2.58. The number of aliphatic carboxylic acids is 1. The molecule has 0 spiro atoms. The van der Waals surface area contributed by atoms with Gasteiger partial charge < -0.3 is 14.6 Å². The maximum Gasteiger partial charge on any atom is 0.322 e. The lowest BCUT2D eigenvalue weighted by Crippen LogP contribution is -2.48. The minimum atomic E-state index is -3.97. The minimum absolute atomic E-state index is 0.0517. The molecule has 8 heteroatoms. The summed E-state index contributed by atoms with van der Waals surface area (Å²) in [7, 11) is -0.981. The summed E-state index contributed by atoms with van der Waals surface area (Å²) < 4.78 is 37.8. The lowest BCUT2D eigenvalue weighted by Gasteiger charge is -2.34. The molecule has 0 saturated heterocycles. The van der Waals surface area contributed by atoms with Crippen molar-refractivity contribution in [3.63, 3.8) is 0 Å². The molecule has 0 aliphatic carbocycles. The van der Waals surface area contributed by atoms with E-state index in [4.69, 9.17) is 9.47 Å². The van der Waals surface area contributed by atoms with Gasteiger partial charge in [-0.25, -0.2) is 8.42 Å². The smallest absolute Gasteiger partial charge is 0.322 e. The summed E-state index contributed by atoms with van der Waals surface area (Å²) >= 11 is 0. The number of aryl methyl sites for hydroxylation is 1. The summed E-state index contributed by atoms with van der Waals surface area (Å²) in [5.41, 5.74) is 2.35. The van der Waals surface area contributed by atoms with Crippen LogP contribution < -0.4 is 9.47 Å². The van der Waals surface area contributed by atoms with E-state index in [9.17, 15) is 18.3 Å². The van der Waals surface area contributed by atoms with Crippen LogP contribution >= 0.6 is 0 Å². The maximum absolute atomic E-state index is 13.1. The summed E-state index contributed by atoms with van der Waals surface area (Å²) in [5, 5.41) is 9.65. The van der Waals surface area contributed by atoms with Crippen LogP contribution in [0.4, 0.5) is 0 Å². The first-order valence-electron chi connectivity index (χ1n) is 8.33. The molecule has 0 bridgehead atoms. The molecular formula is C19H21NO6S. The number of fused-ring (bicyclic) bond motifs is 1. The highest BCUT2D eigenvalue weighted by atomic mass is 32.2. The topological polar surface area (TPSA) is 93.1 Å². The molecule has 0 radical (unpaired) electrons. The van der Waals surface area contributed by atoms with Gasteiger partial charge in [-0.2, -0.15) is 4.31 Å². The third kappa shape index (κ3) is 3.50. The third-order valence-corrected chi connectivity index (χ3v) is 6.57. The summed E-state index contributed by atoms with van der Waals surface area (Å²) in [6.45, 7) is 1.80. The summed E-state index contributed by atoms with van der Waals surface area (Å²) in [6.07, 6.45) is 0.0517. The normalized spacial score (nSPS) is 17.2. The van der Waals surface area contributed by atoms with Crippen molar-refractivity contribution in [3.8, 4) is 11.5 Å². The van der Waals surface area contributed by atoms with Crippen LogP contribution in [0.3, 0.4) is 0 Å². The molecular weight excluding hydrogens is 370 g/mol. The van der Waals surface area contributed by atoms with Crippen LogP contribution in [0.5, 0.6) is 11.5 Å². The molecule has 2 aromatic carbocycles. The van der Waals surface area contributed by atoms with E-state index in [0.717, 1.165) is 15.4 Å². The van der Waals surface area contributed by atoms with Crippen LogP contribution in [0.15, 0.2) is 41.3 Å². The van der Waals surface area contributed by atoms with Crippen LogP contribution in [0.2, 0.25) is 0 Å². The van der Waals surface area contributed by atoms with Crippen molar-refractivity contribution < 1.29 is 27.8 Å². The predicted molar refractivity (Wildman–Crippen MR) is 98.6 cm³/mol. The number of rotatable bonds is 5. The fourth-order valence-electron chi connectivity index (χ4n) is 3.20. The van der Waals surface area contributed by atoms with E-state index >= 15 is 0 Å². The lowest BCUT2D eigenvalue weighted by molar-refractivity contribution is -0.141. The zero-order chi connectivity index (χ0) is 19.8. The number of nitrogens with zero attached hydrogens (tertiary/aromatic N) is 1. The second-order valence-corrected chi connectivity index (χ2v) is 8.29. The van der Waals surface area contributed by atoms with E-state index < -0.39 is 22.0 Å². The average Bonchev–Trinajstić information content (AvgIpc) is 2.65. The Labute approximate surface area is 158 Å². The molecule has 144 valence electrons. The van der Waals surface area contributed by atoms with Crippen molar-refractivity contribution in [3.05, 3.63) is 53.1 Å². The monoisotopic (exact) mass is 391 g/mol. The van der Waals surface area contributed by atoms with E-state index in [0.29, 0.717) is 17.1 Å². The molecule has 0 saturated carbocycles. The van der Waals surface area contributed by atoms with Gasteiger partial charge in [-0.3, -0.25) is 4.79 Å². The van der Waals surface area contributed by atoms with Crippen LogP contribution in [0, 0.1) is 6.92 Å². The molecule has 1 N–H and O–H groups in total. The first-order valence-corrected chi connectivity index (χ1v) is 9.77. The van der Waals surface area contributed by atoms with Crippen molar-refractivity contribution in [1.82, 2.24) is 4.31 Å². The molecule has 27 heavy (non-hydrogen) atoms. The van der Waals surface area contributed by atoms with Gasteiger partial charge in [-0.05, 0) is 42.3 Å². The molecule has 3 rings (SSSR count). The third-order valence-electron chi connectivity index (χ3n) is 4.71. The van der Waals surface area contributed by atoms with Crippen LogP contribution in [0.25, 0.3) is 0 Å². The van der Waals surface area contributed by atoms with Gasteiger partial charge in [-0.1, -0.05) is 17.7 Å². The maximum atomic E-state index is 13.1. The molecule has 2 aromatic rings. The molecule has 1 heterocycles. The van der Waals surface area contributed by atoms with Gasteiger partial charge in [0.2, 0.25) is 10.0 Å². The van der Waals surface area contributed by atoms with Crippen LogP contribution in [-0.4, -0.2) is 44.1 Å². The van der Waals surface area contributed by atoms with Gasteiger partial charge in [0.1, 0.15) is 6.04 Å². The molecule has 0 amide bonds. The Morgan fingerprint density at radius 1 is 1.07 bits per heavy atom. The highest BCUT2D eigenvalue weighted by Gasteiger charge is 2.40. The fourth-order valence-corrected chi connectivity index (χ4v) is 4.76. The highest BCUT2D eigenvalue weighted by Crippen LogP contribution is 2.36. The van der Waals surface area contributed by atoms with Crippen molar-refractivity contribution in [2.75, 3.05) is 14.2 Å². The number of carbonyl (C=O) groups is 1. The molecule has 7 nitrogen and oxygen atoms in total. The number of methoxy groups -OCH3 is 2. The standard InChI is InChI=1S/C19H21NO6S/c1-12-4-6-15(7-5-12)27(23,24)20-11-14-10-18(26-3)17(25-2)9-13(14)8-16(20)19(21)22/h4-7,9-10,16H,8,11H2,1-3H3,(H,21,22)/t16-/m0/s1. The van der Waals surface area contributed by atoms with Crippen molar-refractivity contribution in [2.45, 2.75) is 30.8 Å². The molecule has 0 unspecified atom stereocenters. The fraction of sp³-hybridized carbons (Fsp3) is 0.316. The SMILES string of the molecule is COc1cc2c(cc1OC)CN(S(=O)(=O)c1ccc(C)cc1)[C@H](C(=O)O)C2. The van der Waals surface area contributed by atoms with E-state index in [2.05, 4.69) is 0 Å². The van der Waals surface area contributed by atoms with Gasteiger partial charge in [-0.15, -0.1) is 0 Å². The zero-order valence-electron chi connectivity index (χ0n) is 15.3. The molecule has 0 aromatic heterocycles. The second-order valence-electron chi connectivity index (χ2n) is 6.40. The second kappa shape index (κ2) is 7.21. The number of carboxylic acid groups (broad SMARTS) is 1. The molecule has 0 fully saturated rings. The first-order chi connectivity index (χ1) is 12.8. The first kappa shape index (κ1) is 19.2. The summed E-state index contributed by atoms with van der Waals surface area (Å²) in [4.78, 5) is 11.9. The van der Waals surface area contributed by atoms with Crippen molar-refractivity contribution >= 4 is 16.0 Å². The van der Waals surface area contributed by atoms with Crippen molar-refractivity contribution in [1.29, 1.82) is 0 Å². The number of ether oxygens (including phenoxy) is 2. The van der Waals surface area contributed by atoms with Gasteiger partial charge in [0, 0.05) is 13.0 Å². The number of hydrogen-bond donors (Lipinski definition) is 1. The van der Waals surface area contributed by atoms with Gasteiger partial charge in [0.05, 0.1) is 19.1 Å². The Kier molecular flexibility index (Phi) is 5.12. The average molecular weight is 391 g/mol. The zero-order valence-corrected chi connectivity index (χ0v) is 16.1. The molecule has 1 aliphatic heterocycles. The Morgan fingerprint density at radius 2 is 1.63 bits per heavy atom. The summed E-state index contributed by atoms with van der Waals surface area (Å²) in [5.74, 6) is -0.237. The van der Waals surface area contributed by atoms with Crippen LogP contribution in [-0.2, 0) is 27.8 Å². The minimum Gasteiger partial charge on any atom is -0.493 e. The molecule has 1 aliphatic rings. The lowest BCUT2D eigenvalue weighted by atomic mass is 9.95. The molecule has 1 atom stereocenters. The Morgan fingerprint density at radius 3 is 2.15 bits per heavy atom. The van der Waals surface area contributed by atoms with E-state index in [-0.39, 0.29) is 17.9 Å². The number of benzene rings is 2. The number of hydrogen-bond acceptors (Lipinski definition) is 5. The van der Waals surface area contributed by atoms with Gasteiger partial charge >= 0.3 is 5.97 Å². The van der Waals surface area contributed by atoms with Gasteiger partial charge in [0.15, 0.2) is 11.5 Å². The number of sulfonamides is 1.